The van der Waals surface area contributed by atoms with Gasteiger partial charge in [0.25, 0.3) is 0 Å². The quantitative estimate of drug-likeness (QED) is 0.421. The summed E-state index contributed by atoms with van der Waals surface area (Å²) < 4.78 is 53.6. The van der Waals surface area contributed by atoms with E-state index in [4.69, 9.17) is 0 Å². The monoisotopic (exact) mass is 327 g/mol. The zero-order valence-corrected chi connectivity index (χ0v) is 13.4. The molecule has 0 saturated heterocycles. The summed E-state index contributed by atoms with van der Waals surface area (Å²) in [6, 6.07) is 0. The Morgan fingerprint density at radius 3 is 2.48 bits per heavy atom. The first-order valence-corrected chi connectivity index (χ1v) is 7.96. The fourth-order valence-electron chi connectivity index (χ4n) is 2.91. The van der Waals surface area contributed by atoms with E-state index in [2.05, 4.69) is 4.99 Å². The highest BCUT2D eigenvalue weighted by atomic mass is 19.4. The first kappa shape index (κ1) is 17.7. The number of rotatable bonds is 4. The lowest BCUT2D eigenvalue weighted by molar-refractivity contribution is -0.0884. The van der Waals surface area contributed by atoms with E-state index in [0.717, 1.165) is 49.1 Å². The van der Waals surface area contributed by atoms with Gasteiger partial charge >= 0.3 is 6.18 Å². The second-order valence-corrected chi connectivity index (χ2v) is 5.75. The van der Waals surface area contributed by atoms with Gasteiger partial charge < -0.3 is 0 Å². The lowest BCUT2D eigenvalue weighted by Gasteiger charge is -2.12. The molecule has 0 unspecified atom stereocenters. The molecule has 126 valence electrons. The molecule has 0 aromatic heterocycles. The molecule has 0 bridgehead atoms. The smallest absolute Gasteiger partial charge is 0.257 e. The highest BCUT2D eigenvalue weighted by molar-refractivity contribution is 6.07. The molecule has 0 fully saturated rings. The Kier molecular flexibility index (Phi) is 5.60. The molecular formula is C18H21F4N. The Labute approximate surface area is 134 Å². The number of hydrogen-bond donors (Lipinski definition) is 0. The van der Waals surface area contributed by atoms with Crippen molar-refractivity contribution in [3.63, 3.8) is 0 Å². The van der Waals surface area contributed by atoms with E-state index in [0.29, 0.717) is 12.1 Å². The van der Waals surface area contributed by atoms with Crippen molar-refractivity contribution in [2.75, 3.05) is 0 Å². The maximum absolute atomic E-state index is 14.2. The third-order valence-electron chi connectivity index (χ3n) is 4.07. The van der Waals surface area contributed by atoms with Gasteiger partial charge in [0.15, 0.2) is 0 Å². The summed E-state index contributed by atoms with van der Waals surface area (Å²) in [6.07, 6.45) is 3.19. The minimum atomic E-state index is -4.50. The highest BCUT2D eigenvalue weighted by Crippen LogP contribution is 2.37. The minimum absolute atomic E-state index is 0.0427. The van der Waals surface area contributed by atoms with E-state index in [9.17, 15) is 17.6 Å². The van der Waals surface area contributed by atoms with Crippen LogP contribution < -0.4 is 0 Å². The van der Waals surface area contributed by atoms with Crippen molar-refractivity contribution in [1.29, 1.82) is 0 Å². The van der Waals surface area contributed by atoms with Gasteiger partial charge in [-0.3, -0.25) is 4.99 Å². The van der Waals surface area contributed by atoms with Crippen LogP contribution >= 0.6 is 0 Å². The summed E-state index contributed by atoms with van der Waals surface area (Å²) in [6.45, 7) is 3.10. The molecule has 1 aliphatic heterocycles. The normalized spacial score (nSPS) is 20.8. The van der Waals surface area contributed by atoms with Crippen LogP contribution in [0.15, 0.2) is 51.5 Å². The predicted octanol–water partition coefficient (Wildman–Crippen LogP) is 6.36. The average molecular weight is 327 g/mol. The first-order valence-electron chi connectivity index (χ1n) is 7.96. The van der Waals surface area contributed by atoms with Gasteiger partial charge in [-0.1, -0.05) is 19.1 Å². The number of nitrogens with zero attached hydrogens (tertiary/aromatic N) is 1. The van der Waals surface area contributed by atoms with Gasteiger partial charge in [-0.25, -0.2) is 4.39 Å². The molecule has 5 heteroatoms. The number of aliphatic imine (C=N–C) groups is 1. The summed E-state index contributed by atoms with van der Waals surface area (Å²) in [5.74, 6) is -0.658. The number of hydrogen-bond acceptors (Lipinski definition) is 1. The van der Waals surface area contributed by atoms with Gasteiger partial charge in [0.05, 0.1) is 11.3 Å². The van der Waals surface area contributed by atoms with E-state index in [1.165, 1.54) is 13.0 Å². The average Bonchev–Trinajstić information content (AvgIpc) is 2.93. The Morgan fingerprint density at radius 1 is 1.22 bits per heavy atom. The predicted molar refractivity (Wildman–Crippen MR) is 84.9 cm³/mol. The fourth-order valence-corrected chi connectivity index (χ4v) is 2.91. The molecule has 1 nitrogen and oxygen atoms in total. The molecule has 2 rings (SSSR count). The van der Waals surface area contributed by atoms with Crippen LogP contribution in [0.25, 0.3) is 0 Å². The van der Waals surface area contributed by atoms with Crippen molar-refractivity contribution >= 4 is 5.71 Å². The Morgan fingerprint density at radius 2 is 1.91 bits per heavy atom. The molecule has 0 radical (unpaired) electrons. The fraction of sp³-hybridized carbons (Fsp3) is 0.500. The molecule has 0 aromatic carbocycles. The third kappa shape index (κ3) is 4.21. The molecule has 1 aliphatic carbocycles. The lowest BCUT2D eigenvalue weighted by Crippen LogP contribution is -2.12. The largest absolute Gasteiger partial charge is 0.416 e. The van der Waals surface area contributed by atoms with E-state index in [1.807, 2.05) is 0 Å². The molecule has 0 atom stereocenters. The van der Waals surface area contributed by atoms with Crippen LogP contribution in [0.5, 0.6) is 0 Å². The topological polar surface area (TPSA) is 12.4 Å². The molecule has 23 heavy (non-hydrogen) atoms. The summed E-state index contributed by atoms with van der Waals surface area (Å²) in [5.41, 5.74) is 1.64. The van der Waals surface area contributed by atoms with Crippen molar-refractivity contribution < 1.29 is 17.6 Å². The van der Waals surface area contributed by atoms with Crippen LogP contribution in [-0.4, -0.2) is 11.9 Å². The van der Waals surface area contributed by atoms with Crippen molar-refractivity contribution in [3.05, 3.63) is 46.5 Å². The van der Waals surface area contributed by atoms with E-state index in [-0.39, 0.29) is 12.0 Å². The van der Waals surface area contributed by atoms with Crippen LogP contribution in [0.1, 0.15) is 52.4 Å². The maximum Gasteiger partial charge on any atom is 0.416 e. The van der Waals surface area contributed by atoms with E-state index in [1.54, 1.807) is 6.92 Å². The molecule has 0 saturated carbocycles. The second kappa shape index (κ2) is 7.28. The zero-order valence-electron chi connectivity index (χ0n) is 13.4. The molecule has 0 N–H and O–H groups in total. The van der Waals surface area contributed by atoms with Crippen LogP contribution in [0.2, 0.25) is 0 Å². The molecule has 0 aromatic rings. The van der Waals surface area contributed by atoms with Crippen LogP contribution in [0.3, 0.4) is 0 Å². The maximum atomic E-state index is 14.2. The summed E-state index contributed by atoms with van der Waals surface area (Å²) in [7, 11) is 0. The molecule has 2 aliphatic rings. The summed E-state index contributed by atoms with van der Waals surface area (Å²) in [5, 5.41) is 0. The molecule has 0 amide bonds. The Hall–Kier alpha value is -1.65. The van der Waals surface area contributed by atoms with Gasteiger partial charge in [-0.15, -0.1) is 0 Å². The van der Waals surface area contributed by atoms with Gasteiger partial charge in [-0.05, 0) is 50.7 Å². The molecule has 1 heterocycles. The number of halogens is 4. The zero-order chi connectivity index (χ0) is 17.0. The van der Waals surface area contributed by atoms with Gasteiger partial charge in [0, 0.05) is 17.7 Å². The Balaban J connectivity index is 2.40. The van der Waals surface area contributed by atoms with E-state index >= 15 is 0 Å². The van der Waals surface area contributed by atoms with Gasteiger partial charge in [0.1, 0.15) is 5.83 Å². The second-order valence-electron chi connectivity index (χ2n) is 5.75. The summed E-state index contributed by atoms with van der Waals surface area (Å²) in [4.78, 5) is 4.43. The summed E-state index contributed by atoms with van der Waals surface area (Å²) >= 11 is 0. The van der Waals surface area contributed by atoms with Crippen molar-refractivity contribution in [2.24, 2.45) is 4.99 Å². The van der Waals surface area contributed by atoms with E-state index < -0.39 is 17.6 Å². The SMILES string of the molecule is C\C=C(F)/C(=C\C(=C\CC)C(F)(F)F)C1=NC2=C(CCCC2)C1. The molecule has 0 spiro atoms. The van der Waals surface area contributed by atoms with Crippen molar-refractivity contribution in [1.82, 2.24) is 0 Å². The molecular weight excluding hydrogens is 306 g/mol. The lowest BCUT2D eigenvalue weighted by atomic mass is 9.93. The first-order chi connectivity index (χ1) is 10.9. The third-order valence-corrected chi connectivity index (χ3v) is 4.07. The van der Waals surface area contributed by atoms with Crippen LogP contribution in [0, 0.1) is 0 Å². The van der Waals surface area contributed by atoms with Gasteiger partial charge in [0.2, 0.25) is 0 Å². The standard InChI is InChI=1S/C18H21F4N/c1-3-7-13(18(20,21)22)11-14(15(19)4-2)17-10-12-8-5-6-9-16(12)23-17/h4,7,11H,3,5-6,8-10H2,1-2H3/b13-7-,14-11+,15-4+. The van der Waals surface area contributed by atoms with Crippen molar-refractivity contribution in [3.8, 4) is 0 Å². The number of allylic oxidation sites excluding steroid dienone is 8. The minimum Gasteiger partial charge on any atom is -0.257 e. The van der Waals surface area contributed by atoms with Gasteiger partial charge in [-0.2, -0.15) is 13.2 Å². The van der Waals surface area contributed by atoms with Crippen molar-refractivity contribution in [2.45, 2.75) is 58.5 Å². The number of alkyl halides is 3. The van der Waals surface area contributed by atoms with Crippen LogP contribution in [-0.2, 0) is 0 Å². The highest BCUT2D eigenvalue weighted by Gasteiger charge is 2.33. The Bertz CT molecular complexity index is 615. The van der Waals surface area contributed by atoms with Crippen LogP contribution in [0.4, 0.5) is 17.6 Å².